The molecule has 0 bridgehead atoms. The number of aliphatic hydroxyl groups excluding tert-OH is 1. The van der Waals surface area contributed by atoms with E-state index in [1.54, 1.807) is 0 Å². The molecular weight excluding hydrogens is 182 g/mol. The van der Waals surface area contributed by atoms with Crippen molar-refractivity contribution in [3.63, 3.8) is 0 Å². The predicted molar refractivity (Wildman–Crippen MR) is 53.1 cm³/mol. The zero-order valence-corrected chi connectivity index (χ0v) is 8.66. The van der Waals surface area contributed by atoms with E-state index in [4.69, 9.17) is 9.84 Å². The molecule has 0 radical (unpaired) electrons. The molecule has 0 aromatic carbocycles. The molecular formula is C10H19NO3. The highest BCUT2D eigenvalue weighted by Crippen LogP contribution is 2.08. The van der Waals surface area contributed by atoms with Crippen LogP contribution in [0.3, 0.4) is 0 Å². The number of Topliss-reactive ketones (excluding diaryl/α,β-unsaturated/α-hetero) is 1. The molecule has 0 amide bonds. The molecule has 1 saturated heterocycles. The Bertz CT molecular complexity index is 178. The van der Waals surface area contributed by atoms with Crippen molar-refractivity contribution >= 4 is 5.78 Å². The first-order chi connectivity index (χ1) is 6.77. The lowest BCUT2D eigenvalue weighted by Crippen LogP contribution is -2.46. The number of carbonyl (C=O) groups is 1. The van der Waals surface area contributed by atoms with Gasteiger partial charge in [0.25, 0.3) is 0 Å². The van der Waals surface area contributed by atoms with Gasteiger partial charge >= 0.3 is 0 Å². The number of nitrogens with one attached hydrogen (secondary N) is 1. The highest BCUT2D eigenvalue weighted by Gasteiger charge is 2.21. The Hall–Kier alpha value is -0.450. The van der Waals surface area contributed by atoms with E-state index in [2.05, 4.69) is 5.32 Å². The summed E-state index contributed by atoms with van der Waals surface area (Å²) >= 11 is 0. The van der Waals surface area contributed by atoms with Crippen LogP contribution in [0, 0.1) is 0 Å². The zero-order chi connectivity index (χ0) is 10.4. The minimum atomic E-state index is -0.366. The van der Waals surface area contributed by atoms with E-state index < -0.39 is 0 Å². The molecule has 1 aliphatic heterocycles. The molecule has 1 fully saturated rings. The summed E-state index contributed by atoms with van der Waals surface area (Å²) in [6.07, 6.45) is 2.64. The van der Waals surface area contributed by atoms with Crippen molar-refractivity contribution < 1.29 is 14.6 Å². The Morgan fingerprint density at radius 2 is 2.21 bits per heavy atom. The molecule has 1 aliphatic rings. The van der Waals surface area contributed by atoms with Crippen molar-refractivity contribution in [2.24, 2.45) is 0 Å². The molecule has 0 aromatic rings. The monoisotopic (exact) mass is 201 g/mol. The molecule has 1 heterocycles. The van der Waals surface area contributed by atoms with Gasteiger partial charge in [-0.2, -0.15) is 0 Å². The zero-order valence-electron chi connectivity index (χ0n) is 8.66. The van der Waals surface area contributed by atoms with Gasteiger partial charge in [0.1, 0.15) is 6.61 Å². The smallest absolute Gasteiger partial charge is 0.174 e. The number of ether oxygens (including phenoxy) is 1. The number of aliphatic hydroxyl groups is 1. The van der Waals surface area contributed by atoms with Gasteiger partial charge < -0.3 is 15.2 Å². The molecule has 1 atom stereocenters. The Morgan fingerprint density at radius 1 is 1.57 bits per heavy atom. The van der Waals surface area contributed by atoms with Crippen LogP contribution in [0.15, 0.2) is 0 Å². The van der Waals surface area contributed by atoms with Crippen molar-refractivity contribution in [1.29, 1.82) is 0 Å². The molecule has 1 rings (SSSR count). The fourth-order valence-electron chi connectivity index (χ4n) is 1.70. The number of hydrogen-bond acceptors (Lipinski definition) is 4. The largest absolute Gasteiger partial charge is 0.389 e. The van der Waals surface area contributed by atoms with E-state index >= 15 is 0 Å². The second-order valence-electron chi connectivity index (χ2n) is 3.64. The van der Waals surface area contributed by atoms with Gasteiger partial charge in [-0.25, -0.2) is 0 Å². The molecule has 0 spiro atoms. The maximum atomic E-state index is 11.3. The standard InChI is InChI=1S/C10H19NO3/c1-2-9(10(13)7-12)11-8-3-5-14-6-4-8/h8-9,11-12H,2-7H2,1H3/t9-/m1/s1. The summed E-state index contributed by atoms with van der Waals surface area (Å²) in [5.74, 6) is -0.112. The van der Waals surface area contributed by atoms with Crippen molar-refractivity contribution in [3.05, 3.63) is 0 Å². The summed E-state index contributed by atoms with van der Waals surface area (Å²) in [5, 5.41) is 12.0. The highest BCUT2D eigenvalue weighted by molar-refractivity contribution is 5.84. The van der Waals surface area contributed by atoms with Crippen molar-refractivity contribution in [2.45, 2.75) is 38.3 Å². The lowest BCUT2D eigenvalue weighted by atomic mass is 10.0. The fourth-order valence-corrected chi connectivity index (χ4v) is 1.70. The normalized spacial score (nSPS) is 20.7. The Morgan fingerprint density at radius 3 is 2.71 bits per heavy atom. The molecule has 0 aliphatic carbocycles. The first-order valence-corrected chi connectivity index (χ1v) is 5.25. The minimum absolute atomic E-state index is 0.112. The Labute approximate surface area is 84.6 Å². The van der Waals surface area contributed by atoms with E-state index in [0.29, 0.717) is 6.04 Å². The molecule has 4 nitrogen and oxygen atoms in total. The third-order valence-electron chi connectivity index (χ3n) is 2.61. The molecule has 4 heteroatoms. The minimum Gasteiger partial charge on any atom is -0.389 e. The number of carbonyl (C=O) groups excluding carboxylic acids is 1. The van der Waals surface area contributed by atoms with Gasteiger partial charge in [-0.3, -0.25) is 4.79 Å². The van der Waals surface area contributed by atoms with Gasteiger partial charge in [-0.1, -0.05) is 6.92 Å². The van der Waals surface area contributed by atoms with E-state index in [9.17, 15) is 4.79 Å². The fraction of sp³-hybridized carbons (Fsp3) is 0.900. The SMILES string of the molecule is CC[C@@H](NC1CCOCC1)C(=O)CO. The second kappa shape index (κ2) is 6.11. The summed E-state index contributed by atoms with van der Waals surface area (Å²) in [4.78, 5) is 11.3. The summed E-state index contributed by atoms with van der Waals surface area (Å²) in [6.45, 7) is 3.11. The first-order valence-electron chi connectivity index (χ1n) is 5.25. The predicted octanol–water partition coefficient (Wildman–Crippen LogP) is 0.0950. The summed E-state index contributed by atoms with van der Waals surface area (Å²) in [5.41, 5.74) is 0. The Kier molecular flexibility index (Phi) is 5.07. The van der Waals surface area contributed by atoms with Gasteiger partial charge in [0.2, 0.25) is 0 Å². The van der Waals surface area contributed by atoms with E-state index in [0.717, 1.165) is 32.5 Å². The van der Waals surface area contributed by atoms with Crippen LogP contribution in [-0.2, 0) is 9.53 Å². The molecule has 2 N–H and O–H groups in total. The van der Waals surface area contributed by atoms with Crippen LogP contribution in [-0.4, -0.2) is 42.8 Å². The van der Waals surface area contributed by atoms with Crippen LogP contribution in [0.2, 0.25) is 0 Å². The number of ketones is 1. The lowest BCUT2D eigenvalue weighted by molar-refractivity contribution is -0.124. The quantitative estimate of drug-likeness (QED) is 0.662. The molecule has 14 heavy (non-hydrogen) atoms. The third-order valence-corrected chi connectivity index (χ3v) is 2.61. The van der Waals surface area contributed by atoms with Crippen LogP contribution >= 0.6 is 0 Å². The maximum absolute atomic E-state index is 11.3. The summed E-state index contributed by atoms with van der Waals surface area (Å²) in [7, 11) is 0. The van der Waals surface area contributed by atoms with Crippen LogP contribution in [0.25, 0.3) is 0 Å². The van der Waals surface area contributed by atoms with Crippen LogP contribution in [0.1, 0.15) is 26.2 Å². The highest BCUT2D eigenvalue weighted by atomic mass is 16.5. The number of hydrogen-bond donors (Lipinski definition) is 2. The summed E-state index contributed by atoms with van der Waals surface area (Å²) < 4.78 is 5.23. The van der Waals surface area contributed by atoms with Gasteiger partial charge in [0.15, 0.2) is 5.78 Å². The van der Waals surface area contributed by atoms with Crippen molar-refractivity contribution in [2.75, 3.05) is 19.8 Å². The van der Waals surface area contributed by atoms with Gasteiger partial charge in [-0.05, 0) is 19.3 Å². The lowest BCUT2D eigenvalue weighted by Gasteiger charge is -2.27. The van der Waals surface area contributed by atoms with Gasteiger partial charge in [0.05, 0.1) is 6.04 Å². The summed E-state index contributed by atoms with van der Waals surface area (Å²) in [6, 6.07) is 0.173. The van der Waals surface area contributed by atoms with Crippen molar-refractivity contribution in [1.82, 2.24) is 5.32 Å². The second-order valence-corrected chi connectivity index (χ2v) is 3.64. The van der Waals surface area contributed by atoms with Crippen LogP contribution in [0.4, 0.5) is 0 Å². The topological polar surface area (TPSA) is 58.6 Å². The molecule has 0 aromatic heterocycles. The molecule has 0 unspecified atom stereocenters. The van der Waals surface area contributed by atoms with Crippen molar-refractivity contribution in [3.8, 4) is 0 Å². The van der Waals surface area contributed by atoms with E-state index in [-0.39, 0.29) is 18.4 Å². The number of rotatable bonds is 5. The van der Waals surface area contributed by atoms with Gasteiger partial charge in [-0.15, -0.1) is 0 Å². The molecule has 82 valence electrons. The van der Waals surface area contributed by atoms with Crippen LogP contribution in [0.5, 0.6) is 0 Å². The average Bonchev–Trinajstić information content (AvgIpc) is 2.26. The molecule has 0 saturated carbocycles. The Balaban J connectivity index is 2.34. The maximum Gasteiger partial charge on any atom is 0.174 e. The van der Waals surface area contributed by atoms with E-state index in [1.807, 2.05) is 6.92 Å². The third kappa shape index (κ3) is 3.36. The van der Waals surface area contributed by atoms with Crippen LogP contribution < -0.4 is 5.32 Å². The first kappa shape index (κ1) is 11.6. The van der Waals surface area contributed by atoms with E-state index in [1.165, 1.54) is 0 Å². The van der Waals surface area contributed by atoms with Gasteiger partial charge in [0, 0.05) is 19.3 Å². The average molecular weight is 201 g/mol.